The number of ether oxygens (including phenoxy) is 1. The lowest BCUT2D eigenvalue weighted by Gasteiger charge is -2.21. The average molecular weight is 264 g/mol. The van der Waals surface area contributed by atoms with Gasteiger partial charge in [-0.3, -0.25) is 9.69 Å². The number of phenols is 1. The number of nitrogens with two attached hydrogens (primary N) is 1. The first kappa shape index (κ1) is 13.7. The van der Waals surface area contributed by atoms with Gasteiger partial charge in [0, 0.05) is 18.7 Å². The van der Waals surface area contributed by atoms with Gasteiger partial charge in [0.2, 0.25) is 5.91 Å². The van der Waals surface area contributed by atoms with Gasteiger partial charge in [0.05, 0.1) is 12.5 Å². The molecule has 104 valence electrons. The molecule has 5 nitrogen and oxygen atoms in total. The summed E-state index contributed by atoms with van der Waals surface area (Å²) in [4.78, 5) is 13.5. The second-order valence-electron chi connectivity index (χ2n) is 5.35. The van der Waals surface area contributed by atoms with Gasteiger partial charge in [0.15, 0.2) is 11.5 Å². The molecule has 1 fully saturated rings. The first-order chi connectivity index (χ1) is 8.96. The van der Waals surface area contributed by atoms with Gasteiger partial charge in [-0.2, -0.15) is 0 Å². The molecule has 1 aromatic carbocycles. The van der Waals surface area contributed by atoms with Gasteiger partial charge in [-0.05, 0) is 26.0 Å². The summed E-state index contributed by atoms with van der Waals surface area (Å²) in [6, 6.07) is 5.42. The summed E-state index contributed by atoms with van der Waals surface area (Å²) in [5.41, 5.74) is 5.76. The fourth-order valence-corrected chi connectivity index (χ4v) is 2.49. The number of primary amides is 1. The molecule has 1 aliphatic heterocycles. The molecule has 1 unspecified atom stereocenters. The Hall–Kier alpha value is -1.75. The normalized spacial score (nSPS) is 23.5. The van der Waals surface area contributed by atoms with E-state index >= 15 is 0 Å². The van der Waals surface area contributed by atoms with Gasteiger partial charge in [0.25, 0.3) is 0 Å². The summed E-state index contributed by atoms with van der Waals surface area (Å²) in [6.07, 6.45) is 0.757. The number of carbonyl (C=O) groups is 1. The number of methoxy groups -OCH3 is 1. The van der Waals surface area contributed by atoms with E-state index in [9.17, 15) is 9.90 Å². The topological polar surface area (TPSA) is 75.8 Å². The van der Waals surface area contributed by atoms with Crippen molar-refractivity contribution >= 4 is 5.91 Å². The zero-order chi connectivity index (χ0) is 14.0. The molecule has 1 aromatic rings. The van der Waals surface area contributed by atoms with Crippen molar-refractivity contribution < 1.29 is 14.6 Å². The number of nitrogens with zero attached hydrogens (tertiary/aromatic N) is 1. The quantitative estimate of drug-likeness (QED) is 0.853. The van der Waals surface area contributed by atoms with Crippen LogP contribution in [0, 0.1) is 5.41 Å². The summed E-state index contributed by atoms with van der Waals surface area (Å²) in [6.45, 7) is 3.90. The molecular formula is C14H20N2O3. The Bertz CT molecular complexity index is 490. The van der Waals surface area contributed by atoms with Crippen molar-refractivity contribution in [3.63, 3.8) is 0 Å². The largest absolute Gasteiger partial charge is 0.504 e. The summed E-state index contributed by atoms with van der Waals surface area (Å²) in [7, 11) is 1.53. The van der Waals surface area contributed by atoms with Crippen LogP contribution >= 0.6 is 0 Å². The van der Waals surface area contributed by atoms with Gasteiger partial charge in [0.1, 0.15) is 0 Å². The maximum Gasteiger partial charge on any atom is 0.224 e. The molecule has 1 atom stereocenters. The number of likely N-dealkylation sites (tertiary alicyclic amines) is 1. The number of benzene rings is 1. The molecule has 5 heteroatoms. The van der Waals surface area contributed by atoms with Crippen LogP contribution in [0.25, 0.3) is 0 Å². The minimum absolute atomic E-state index is 0.165. The third-order valence-corrected chi connectivity index (χ3v) is 3.84. The van der Waals surface area contributed by atoms with Gasteiger partial charge in [-0.15, -0.1) is 0 Å². The maximum absolute atomic E-state index is 11.4. The average Bonchev–Trinajstić information content (AvgIpc) is 2.75. The van der Waals surface area contributed by atoms with Crippen LogP contribution in [0.1, 0.15) is 18.9 Å². The second-order valence-corrected chi connectivity index (χ2v) is 5.35. The lowest BCUT2D eigenvalue weighted by molar-refractivity contribution is -0.126. The van der Waals surface area contributed by atoms with E-state index in [1.165, 1.54) is 7.11 Å². The molecule has 1 saturated heterocycles. The molecule has 1 amide bonds. The van der Waals surface area contributed by atoms with Crippen molar-refractivity contribution in [2.24, 2.45) is 11.1 Å². The van der Waals surface area contributed by atoms with Crippen molar-refractivity contribution in [2.45, 2.75) is 19.9 Å². The van der Waals surface area contributed by atoms with Gasteiger partial charge in [-0.25, -0.2) is 0 Å². The van der Waals surface area contributed by atoms with Gasteiger partial charge < -0.3 is 15.6 Å². The SMILES string of the molecule is COc1cccc(CN2CCC(C)(C(N)=O)C2)c1O. The molecule has 0 aliphatic carbocycles. The summed E-state index contributed by atoms with van der Waals surface area (Å²) < 4.78 is 5.09. The van der Waals surface area contributed by atoms with Crippen molar-refractivity contribution in [1.82, 2.24) is 4.90 Å². The van der Waals surface area contributed by atoms with Crippen molar-refractivity contribution in [2.75, 3.05) is 20.2 Å². The minimum Gasteiger partial charge on any atom is -0.504 e. The minimum atomic E-state index is -0.464. The number of para-hydroxylation sites is 1. The standard InChI is InChI=1S/C14H20N2O3/c1-14(13(15)18)6-7-16(9-14)8-10-4-3-5-11(19-2)12(10)17/h3-5,17H,6-9H2,1-2H3,(H2,15,18). The molecule has 0 saturated carbocycles. The lowest BCUT2D eigenvalue weighted by Crippen LogP contribution is -2.36. The third kappa shape index (κ3) is 2.66. The Labute approximate surface area is 113 Å². The molecule has 0 radical (unpaired) electrons. The lowest BCUT2D eigenvalue weighted by atomic mass is 9.89. The highest BCUT2D eigenvalue weighted by atomic mass is 16.5. The highest BCUT2D eigenvalue weighted by Gasteiger charge is 2.38. The first-order valence-electron chi connectivity index (χ1n) is 6.33. The summed E-state index contributed by atoms with van der Waals surface area (Å²) in [5, 5.41) is 10.0. The monoisotopic (exact) mass is 264 g/mol. The van der Waals surface area contributed by atoms with Crippen molar-refractivity contribution in [1.29, 1.82) is 0 Å². The van der Waals surface area contributed by atoms with E-state index in [-0.39, 0.29) is 11.7 Å². The molecule has 0 aromatic heterocycles. The van der Waals surface area contributed by atoms with Crippen LogP contribution in [-0.2, 0) is 11.3 Å². The molecule has 2 rings (SSSR count). The van der Waals surface area contributed by atoms with Gasteiger partial charge in [-0.1, -0.05) is 12.1 Å². The predicted octanol–water partition coefficient (Wildman–Crippen LogP) is 1.10. The van der Waals surface area contributed by atoms with Crippen molar-refractivity contribution in [3.05, 3.63) is 23.8 Å². The molecule has 3 N–H and O–H groups in total. The smallest absolute Gasteiger partial charge is 0.224 e. The summed E-state index contributed by atoms with van der Waals surface area (Å²) in [5.74, 6) is 0.372. The highest BCUT2D eigenvalue weighted by Crippen LogP contribution is 2.34. The number of hydrogen-bond donors (Lipinski definition) is 2. The maximum atomic E-state index is 11.4. The van der Waals surface area contributed by atoms with Crippen LogP contribution in [-0.4, -0.2) is 36.1 Å². The molecule has 0 bridgehead atoms. The van der Waals surface area contributed by atoms with E-state index in [0.29, 0.717) is 18.8 Å². The molecule has 1 aliphatic rings. The van der Waals surface area contributed by atoms with Crippen LogP contribution in [0.2, 0.25) is 0 Å². The number of carbonyl (C=O) groups excluding carboxylic acids is 1. The number of rotatable bonds is 4. The van der Waals surface area contributed by atoms with E-state index in [1.807, 2.05) is 19.1 Å². The van der Waals surface area contributed by atoms with E-state index in [4.69, 9.17) is 10.5 Å². The Kier molecular flexibility index (Phi) is 3.66. The number of aromatic hydroxyl groups is 1. The third-order valence-electron chi connectivity index (χ3n) is 3.84. The Morgan fingerprint density at radius 1 is 1.58 bits per heavy atom. The van der Waals surface area contributed by atoms with Gasteiger partial charge >= 0.3 is 0 Å². The molecular weight excluding hydrogens is 244 g/mol. The number of amides is 1. The first-order valence-corrected chi connectivity index (χ1v) is 6.33. The fraction of sp³-hybridized carbons (Fsp3) is 0.500. The van der Waals surface area contributed by atoms with E-state index < -0.39 is 5.41 Å². The molecule has 0 spiro atoms. The Morgan fingerprint density at radius 2 is 2.32 bits per heavy atom. The zero-order valence-corrected chi connectivity index (χ0v) is 11.3. The molecule has 1 heterocycles. The predicted molar refractivity (Wildman–Crippen MR) is 71.9 cm³/mol. The van der Waals surface area contributed by atoms with E-state index in [0.717, 1.165) is 18.5 Å². The Morgan fingerprint density at radius 3 is 2.89 bits per heavy atom. The summed E-state index contributed by atoms with van der Waals surface area (Å²) >= 11 is 0. The van der Waals surface area contributed by atoms with Crippen LogP contribution < -0.4 is 10.5 Å². The van der Waals surface area contributed by atoms with Crippen LogP contribution in [0.15, 0.2) is 18.2 Å². The van der Waals surface area contributed by atoms with Crippen LogP contribution in [0.4, 0.5) is 0 Å². The van der Waals surface area contributed by atoms with Crippen molar-refractivity contribution in [3.8, 4) is 11.5 Å². The Balaban J connectivity index is 2.10. The second kappa shape index (κ2) is 5.09. The number of phenolic OH excluding ortho intramolecular Hbond substituents is 1. The number of hydrogen-bond acceptors (Lipinski definition) is 4. The highest BCUT2D eigenvalue weighted by molar-refractivity contribution is 5.81. The van der Waals surface area contributed by atoms with E-state index in [2.05, 4.69) is 4.90 Å². The molecule has 19 heavy (non-hydrogen) atoms. The van der Waals surface area contributed by atoms with E-state index in [1.54, 1.807) is 6.07 Å². The fourth-order valence-electron chi connectivity index (χ4n) is 2.49. The van der Waals surface area contributed by atoms with Crippen LogP contribution in [0.5, 0.6) is 11.5 Å². The van der Waals surface area contributed by atoms with Crippen LogP contribution in [0.3, 0.4) is 0 Å². The zero-order valence-electron chi connectivity index (χ0n) is 11.3.